The molecule has 8 heteroatoms. The van der Waals surface area contributed by atoms with Crippen LogP contribution in [0.1, 0.15) is 36.5 Å². The van der Waals surface area contributed by atoms with Gasteiger partial charge in [0.05, 0.1) is 10.5 Å². The van der Waals surface area contributed by atoms with Crippen LogP contribution in [-0.4, -0.2) is 27.9 Å². The van der Waals surface area contributed by atoms with E-state index < -0.39 is 22.8 Å². The Morgan fingerprint density at radius 3 is 2.67 bits per heavy atom. The number of nitro benzene ring substituents is 1. The summed E-state index contributed by atoms with van der Waals surface area (Å²) in [6.07, 6.45) is 1.78. The first kappa shape index (κ1) is 17.1. The standard InChI is InChI=1S/C13H15BrN2O5/c1-2-3-6-9(13(18)19)15-12(17)8-5-4-7-10(11(8)14)16(20)21/h4-5,7,9H,2-3,6H2,1H3,(H,15,17)(H,18,19)/t9-/m0/s1. The third-order valence-corrected chi connectivity index (χ3v) is 3.70. The molecule has 0 aliphatic carbocycles. The Hall–Kier alpha value is -1.96. The Morgan fingerprint density at radius 2 is 2.14 bits per heavy atom. The maximum Gasteiger partial charge on any atom is 0.326 e. The zero-order valence-electron chi connectivity index (χ0n) is 11.3. The van der Waals surface area contributed by atoms with E-state index >= 15 is 0 Å². The third kappa shape index (κ3) is 4.52. The highest BCUT2D eigenvalue weighted by atomic mass is 79.9. The molecule has 1 atom stereocenters. The number of unbranched alkanes of at least 4 members (excludes halogenated alkanes) is 1. The second kappa shape index (κ2) is 7.72. The summed E-state index contributed by atoms with van der Waals surface area (Å²) in [5, 5.41) is 22.3. The van der Waals surface area contributed by atoms with Crippen molar-refractivity contribution in [3.05, 3.63) is 38.3 Å². The molecule has 0 aliphatic rings. The van der Waals surface area contributed by atoms with Crippen LogP contribution >= 0.6 is 15.9 Å². The van der Waals surface area contributed by atoms with Gasteiger partial charge in [0.25, 0.3) is 11.6 Å². The van der Waals surface area contributed by atoms with Gasteiger partial charge >= 0.3 is 5.97 Å². The van der Waals surface area contributed by atoms with Gasteiger partial charge in [0, 0.05) is 6.07 Å². The summed E-state index contributed by atoms with van der Waals surface area (Å²) in [5.74, 6) is -1.78. The summed E-state index contributed by atoms with van der Waals surface area (Å²) in [7, 11) is 0. The van der Waals surface area contributed by atoms with E-state index in [1.165, 1.54) is 18.2 Å². The van der Waals surface area contributed by atoms with Gasteiger partial charge in [-0.2, -0.15) is 0 Å². The number of hydrogen-bond acceptors (Lipinski definition) is 4. The Labute approximate surface area is 129 Å². The van der Waals surface area contributed by atoms with Crippen LogP contribution in [0.15, 0.2) is 22.7 Å². The first-order valence-electron chi connectivity index (χ1n) is 6.35. The van der Waals surface area contributed by atoms with Crippen molar-refractivity contribution in [1.29, 1.82) is 0 Å². The highest BCUT2D eigenvalue weighted by Crippen LogP contribution is 2.28. The fraction of sp³-hybridized carbons (Fsp3) is 0.385. The second-order valence-corrected chi connectivity index (χ2v) is 5.20. The van der Waals surface area contributed by atoms with Crippen molar-refractivity contribution >= 4 is 33.5 Å². The van der Waals surface area contributed by atoms with Crippen LogP contribution in [0.25, 0.3) is 0 Å². The van der Waals surface area contributed by atoms with Gasteiger partial charge in [0.1, 0.15) is 10.5 Å². The lowest BCUT2D eigenvalue weighted by Gasteiger charge is -2.14. The van der Waals surface area contributed by atoms with Crippen LogP contribution in [0.2, 0.25) is 0 Å². The number of carboxylic acids is 1. The number of nitrogens with one attached hydrogen (secondary N) is 1. The van der Waals surface area contributed by atoms with Crippen LogP contribution in [-0.2, 0) is 4.79 Å². The summed E-state index contributed by atoms with van der Waals surface area (Å²) in [5.41, 5.74) is -0.213. The van der Waals surface area contributed by atoms with Gasteiger partial charge in [-0.3, -0.25) is 14.9 Å². The summed E-state index contributed by atoms with van der Waals surface area (Å²) in [4.78, 5) is 33.4. The minimum atomic E-state index is -1.13. The summed E-state index contributed by atoms with van der Waals surface area (Å²) in [6.45, 7) is 1.91. The summed E-state index contributed by atoms with van der Waals surface area (Å²) in [6, 6.07) is 3.01. The minimum absolute atomic E-state index is 0.0342. The van der Waals surface area contributed by atoms with Crippen molar-refractivity contribution in [1.82, 2.24) is 5.32 Å². The lowest BCUT2D eigenvalue weighted by Crippen LogP contribution is -2.40. The van der Waals surface area contributed by atoms with Crippen molar-refractivity contribution in [2.75, 3.05) is 0 Å². The van der Waals surface area contributed by atoms with Crippen molar-refractivity contribution < 1.29 is 19.6 Å². The molecule has 0 saturated carbocycles. The fourth-order valence-corrected chi connectivity index (χ4v) is 2.33. The molecule has 1 amide bonds. The fourth-order valence-electron chi connectivity index (χ4n) is 1.74. The molecule has 1 aromatic rings. The molecule has 114 valence electrons. The zero-order valence-corrected chi connectivity index (χ0v) is 12.9. The van der Waals surface area contributed by atoms with E-state index in [4.69, 9.17) is 5.11 Å². The number of carbonyl (C=O) groups is 2. The average Bonchev–Trinajstić information content (AvgIpc) is 2.42. The molecule has 21 heavy (non-hydrogen) atoms. The Balaban J connectivity index is 2.95. The quantitative estimate of drug-likeness (QED) is 0.575. The normalized spacial score (nSPS) is 11.7. The summed E-state index contributed by atoms with van der Waals surface area (Å²) >= 11 is 3.01. The number of hydrogen-bond donors (Lipinski definition) is 2. The zero-order chi connectivity index (χ0) is 16.0. The van der Waals surface area contributed by atoms with Gasteiger partial charge < -0.3 is 10.4 Å². The van der Waals surface area contributed by atoms with Crippen molar-refractivity contribution in [2.24, 2.45) is 0 Å². The Kier molecular flexibility index (Phi) is 6.29. The third-order valence-electron chi connectivity index (χ3n) is 2.87. The van der Waals surface area contributed by atoms with Gasteiger partial charge in [-0.15, -0.1) is 0 Å². The molecule has 0 unspecified atom stereocenters. The van der Waals surface area contributed by atoms with Gasteiger partial charge in [-0.25, -0.2) is 4.79 Å². The lowest BCUT2D eigenvalue weighted by atomic mass is 10.1. The molecule has 1 rings (SSSR count). The molecule has 7 nitrogen and oxygen atoms in total. The van der Waals surface area contributed by atoms with Crippen LogP contribution in [0.4, 0.5) is 5.69 Å². The average molecular weight is 359 g/mol. The predicted molar refractivity (Wildman–Crippen MR) is 79.2 cm³/mol. The van der Waals surface area contributed by atoms with Crippen LogP contribution in [0.3, 0.4) is 0 Å². The van der Waals surface area contributed by atoms with E-state index in [0.29, 0.717) is 12.8 Å². The molecule has 0 aliphatic heterocycles. The SMILES string of the molecule is CCCC[C@H](NC(=O)c1cccc([N+](=O)[O-])c1Br)C(=O)O. The molecule has 1 aromatic carbocycles. The minimum Gasteiger partial charge on any atom is -0.480 e. The predicted octanol–water partition coefficient (Wildman–Crippen LogP) is 2.73. The van der Waals surface area contributed by atoms with Crippen LogP contribution in [0, 0.1) is 10.1 Å². The molecule has 0 spiro atoms. The molecular formula is C13H15BrN2O5. The lowest BCUT2D eigenvalue weighted by molar-refractivity contribution is -0.385. The van der Waals surface area contributed by atoms with E-state index in [1.807, 2.05) is 6.92 Å². The maximum absolute atomic E-state index is 12.1. The maximum atomic E-state index is 12.1. The van der Waals surface area contributed by atoms with E-state index in [1.54, 1.807) is 0 Å². The number of carboxylic acid groups (broad SMARTS) is 1. The first-order chi connectivity index (χ1) is 9.88. The smallest absolute Gasteiger partial charge is 0.326 e. The number of carbonyl (C=O) groups excluding carboxylic acids is 1. The molecule has 2 N–H and O–H groups in total. The second-order valence-electron chi connectivity index (χ2n) is 4.40. The molecule has 0 saturated heterocycles. The number of nitrogens with zero attached hydrogens (tertiary/aromatic N) is 1. The van der Waals surface area contributed by atoms with Gasteiger partial charge in [0.15, 0.2) is 0 Å². The highest BCUT2D eigenvalue weighted by Gasteiger charge is 2.24. The molecule has 0 bridgehead atoms. The van der Waals surface area contributed by atoms with E-state index in [-0.39, 0.29) is 15.7 Å². The van der Waals surface area contributed by atoms with Gasteiger partial charge in [-0.1, -0.05) is 25.8 Å². The number of benzene rings is 1. The molecular weight excluding hydrogens is 344 g/mol. The van der Waals surface area contributed by atoms with E-state index in [9.17, 15) is 19.7 Å². The number of nitro groups is 1. The summed E-state index contributed by atoms with van der Waals surface area (Å²) < 4.78 is 0.0344. The number of halogens is 1. The number of amides is 1. The number of aliphatic carboxylic acids is 1. The molecule has 0 aromatic heterocycles. The van der Waals surface area contributed by atoms with Gasteiger partial charge in [0.2, 0.25) is 0 Å². The monoisotopic (exact) mass is 358 g/mol. The highest BCUT2D eigenvalue weighted by molar-refractivity contribution is 9.10. The molecule has 0 fully saturated rings. The van der Waals surface area contributed by atoms with Gasteiger partial charge in [-0.05, 0) is 28.4 Å². The van der Waals surface area contributed by atoms with Crippen LogP contribution < -0.4 is 5.32 Å². The van der Waals surface area contributed by atoms with Crippen molar-refractivity contribution in [3.63, 3.8) is 0 Å². The van der Waals surface area contributed by atoms with E-state index in [0.717, 1.165) is 6.42 Å². The molecule has 0 radical (unpaired) electrons. The molecule has 0 heterocycles. The first-order valence-corrected chi connectivity index (χ1v) is 7.14. The van der Waals surface area contributed by atoms with E-state index in [2.05, 4.69) is 21.2 Å². The largest absolute Gasteiger partial charge is 0.480 e. The topological polar surface area (TPSA) is 110 Å². The Bertz CT molecular complexity index is 561. The van der Waals surface area contributed by atoms with Crippen molar-refractivity contribution in [2.45, 2.75) is 32.2 Å². The van der Waals surface area contributed by atoms with Crippen molar-refractivity contribution in [3.8, 4) is 0 Å². The number of rotatable bonds is 7. The Morgan fingerprint density at radius 1 is 1.48 bits per heavy atom. The van der Waals surface area contributed by atoms with Crippen LogP contribution in [0.5, 0.6) is 0 Å².